The molecule has 0 saturated heterocycles. The SMILES string of the molecule is Cc1nc2cc(Cl)c(-c3cnc(NC(=O)c4ccccc4F)cn3)cc2o1. The lowest BCUT2D eigenvalue weighted by Crippen LogP contribution is -2.14. The van der Waals surface area contributed by atoms with Crippen molar-refractivity contribution in [2.24, 2.45) is 0 Å². The van der Waals surface area contributed by atoms with Gasteiger partial charge in [-0.1, -0.05) is 23.7 Å². The molecular formula is C19H12ClFN4O2. The fourth-order valence-corrected chi connectivity index (χ4v) is 2.88. The van der Waals surface area contributed by atoms with Crippen molar-refractivity contribution in [2.45, 2.75) is 6.92 Å². The Kier molecular flexibility index (Phi) is 4.29. The van der Waals surface area contributed by atoms with Crippen LogP contribution in [0.5, 0.6) is 0 Å². The largest absolute Gasteiger partial charge is 0.441 e. The van der Waals surface area contributed by atoms with Crippen LogP contribution in [0.3, 0.4) is 0 Å². The summed E-state index contributed by atoms with van der Waals surface area (Å²) in [6.45, 7) is 1.75. The summed E-state index contributed by atoms with van der Waals surface area (Å²) in [4.78, 5) is 24.8. The Morgan fingerprint density at radius 3 is 2.74 bits per heavy atom. The Bertz CT molecular complexity index is 1160. The molecule has 0 aliphatic rings. The number of aryl methyl sites for hydroxylation is 1. The van der Waals surface area contributed by atoms with Gasteiger partial charge in [0.25, 0.3) is 5.91 Å². The number of carbonyl (C=O) groups is 1. The summed E-state index contributed by atoms with van der Waals surface area (Å²) in [5.74, 6) is -0.482. The van der Waals surface area contributed by atoms with Crippen LogP contribution in [-0.2, 0) is 0 Å². The second-order valence-electron chi connectivity index (χ2n) is 5.75. The first-order chi connectivity index (χ1) is 13.0. The molecule has 0 atom stereocenters. The number of benzene rings is 2. The predicted molar refractivity (Wildman–Crippen MR) is 99.1 cm³/mol. The maximum atomic E-state index is 13.7. The van der Waals surface area contributed by atoms with Crippen molar-refractivity contribution in [3.63, 3.8) is 0 Å². The lowest BCUT2D eigenvalue weighted by molar-refractivity contribution is 0.102. The van der Waals surface area contributed by atoms with E-state index in [4.69, 9.17) is 16.0 Å². The molecule has 4 aromatic rings. The Morgan fingerprint density at radius 1 is 1.19 bits per heavy atom. The van der Waals surface area contributed by atoms with E-state index < -0.39 is 11.7 Å². The highest BCUT2D eigenvalue weighted by molar-refractivity contribution is 6.34. The van der Waals surface area contributed by atoms with Gasteiger partial charge in [0, 0.05) is 12.5 Å². The van der Waals surface area contributed by atoms with Crippen LogP contribution < -0.4 is 5.32 Å². The van der Waals surface area contributed by atoms with Gasteiger partial charge < -0.3 is 9.73 Å². The van der Waals surface area contributed by atoms with E-state index in [-0.39, 0.29) is 11.4 Å². The smallest absolute Gasteiger partial charge is 0.259 e. The zero-order valence-electron chi connectivity index (χ0n) is 14.0. The predicted octanol–water partition coefficient (Wildman–Crippen LogP) is 4.64. The standard InChI is InChI=1S/C19H12ClFN4O2/c1-10-24-15-7-13(20)12(6-17(15)27-10)16-8-23-18(9-22-16)25-19(26)11-4-2-3-5-14(11)21/h2-9H,1H3,(H,23,25,26). The number of halogens is 2. The van der Waals surface area contributed by atoms with Crippen molar-refractivity contribution in [2.75, 3.05) is 5.32 Å². The van der Waals surface area contributed by atoms with Crippen molar-refractivity contribution >= 4 is 34.4 Å². The van der Waals surface area contributed by atoms with E-state index >= 15 is 0 Å². The van der Waals surface area contributed by atoms with Gasteiger partial charge in [-0.15, -0.1) is 0 Å². The van der Waals surface area contributed by atoms with Crippen molar-refractivity contribution < 1.29 is 13.6 Å². The Hall–Kier alpha value is -3.32. The maximum absolute atomic E-state index is 13.7. The molecular weight excluding hydrogens is 371 g/mol. The first-order valence-corrected chi connectivity index (χ1v) is 8.34. The Morgan fingerprint density at radius 2 is 2.00 bits per heavy atom. The Balaban J connectivity index is 1.60. The lowest BCUT2D eigenvalue weighted by atomic mass is 10.1. The summed E-state index contributed by atoms with van der Waals surface area (Å²) < 4.78 is 19.2. The average molecular weight is 383 g/mol. The number of nitrogens with one attached hydrogen (secondary N) is 1. The van der Waals surface area contributed by atoms with Gasteiger partial charge in [-0.25, -0.2) is 14.4 Å². The third-order valence-electron chi connectivity index (χ3n) is 3.87. The molecule has 0 radical (unpaired) electrons. The first-order valence-electron chi connectivity index (χ1n) is 7.96. The van der Waals surface area contributed by atoms with E-state index in [0.717, 1.165) is 0 Å². The number of carbonyl (C=O) groups excluding carboxylic acids is 1. The monoisotopic (exact) mass is 382 g/mol. The number of nitrogens with zero attached hydrogens (tertiary/aromatic N) is 3. The molecule has 134 valence electrons. The highest BCUT2D eigenvalue weighted by Gasteiger charge is 2.14. The second kappa shape index (κ2) is 6.77. The van der Waals surface area contributed by atoms with E-state index in [9.17, 15) is 9.18 Å². The lowest BCUT2D eigenvalue weighted by Gasteiger charge is -2.07. The van der Waals surface area contributed by atoms with Crippen LogP contribution in [0.15, 0.2) is 53.2 Å². The van der Waals surface area contributed by atoms with E-state index in [1.165, 1.54) is 30.6 Å². The summed E-state index contributed by atoms with van der Waals surface area (Å²) in [5, 5.41) is 2.96. The molecule has 2 aromatic heterocycles. The first kappa shape index (κ1) is 17.1. The van der Waals surface area contributed by atoms with Gasteiger partial charge in [0.15, 0.2) is 17.3 Å². The molecule has 2 heterocycles. The second-order valence-corrected chi connectivity index (χ2v) is 6.16. The molecule has 0 bridgehead atoms. The van der Waals surface area contributed by atoms with E-state index in [2.05, 4.69) is 20.3 Å². The van der Waals surface area contributed by atoms with Gasteiger partial charge in [0.1, 0.15) is 11.3 Å². The van der Waals surface area contributed by atoms with Gasteiger partial charge in [-0.2, -0.15) is 0 Å². The Labute approximate surface area is 158 Å². The molecule has 6 nitrogen and oxygen atoms in total. The number of amides is 1. The van der Waals surface area contributed by atoms with Gasteiger partial charge in [0.05, 0.1) is 28.7 Å². The van der Waals surface area contributed by atoms with Crippen LogP contribution in [0.4, 0.5) is 10.2 Å². The van der Waals surface area contributed by atoms with E-state index in [1.807, 2.05) is 0 Å². The van der Waals surface area contributed by atoms with Gasteiger partial charge >= 0.3 is 0 Å². The number of oxazole rings is 1. The quantitative estimate of drug-likeness (QED) is 0.558. The minimum atomic E-state index is -0.609. The summed E-state index contributed by atoms with van der Waals surface area (Å²) in [6.07, 6.45) is 2.84. The molecule has 0 aliphatic carbocycles. The minimum absolute atomic E-state index is 0.0717. The molecule has 1 N–H and O–H groups in total. The summed E-state index contributed by atoms with van der Waals surface area (Å²) in [7, 11) is 0. The van der Waals surface area contributed by atoms with Crippen LogP contribution in [-0.4, -0.2) is 20.9 Å². The number of fused-ring (bicyclic) bond motifs is 1. The van der Waals surface area contributed by atoms with Crippen molar-refractivity contribution in [1.29, 1.82) is 0 Å². The van der Waals surface area contributed by atoms with Crippen LogP contribution in [0.25, 0.3) is 22.4 Å². The zero-order valence-corrected chi connectivity index (χ0v) is 14.8. The molecule has 0 aliphatic heterocycles. The fourth-order valence-electron chi connectivity index (χ4n) is 2.62. The topological polar surface area (TPSA) is 80.9 Å². The number of rotatable bonds is 3. The van der Waals surface area contributed by atoms with Gasteiger partial charge in [0.2, 0.25) is 0 Å². The normalized spacial score (nSPS) is 10.9. The highest BCUT2D eigenvalue weighted by atomic mass is 35.5. The van der Waals surface area contributed by atoms with Crippen LogP contribution in [0, 0.1) is 12.7 Å². The molecule has 27 heavy (non-hydrogen) atoms. The van der Waals surface area contributed by atoms with E-state index in [0.29, 0.717) is 33.3 Å². The van der Waals surface area contributed by atoms with Gasteiger partial charge in [-0.05, 0) is 24.3 Å². The maximum Gasteiger partial charge on any atom is 0.259 e. The number of hydrogen-bond acceptors (Lipinski definition) is 5. The molecule has 0 saturated carbocycles. The summed E-state index contributed by atoms with van der Waals surface area (Å²) in [6, 6.07) is 9.12. The van der Waals surface area contributed by atoms with Crippen molar-refractivity contribution in [3.05, 3.63) is 71.1 Å². The number of aromatic nitrogens is 3. The molecule has 0 fully saturated rings. The molecule has 0 unspecified atom stereocenters. The molecule has 4 rings (SSSR count). The molecule has 2 aromatic carbocycles. The van der Waals surface area contributed by atoms with Crippen LogP contribution in [0.2, 0.25) is 5.02 Å². The average Bonchev–Trinajstić information content (AvgIpc) is 3.01. The van der Waals surface area contributed by atoms with Crippen LogP contribution in [0.1, 0.15) is 16.2 Å². The summed E-state index contributed by atoms with van der Waals surface area (Å²) >= 11 is 6.31. The number of hydrogen-bond donors (Lipinski definition) is 1. The number of anilines is 1. The van der Waals surface area contributed by atoms with Gasteiger partial charge in [-0.3, -0.25) is 9.78 Å². The highest BCUT2D eigenvalue weighted by Crippen LogP contribution is 2.31. The molecule has 0 spiro atoms. The van der Waals surface area contributed by atoms with Crippen LogP contribution >= 0.6 is 11.6 Å². The molecule has 1 amide bonds. The van der Waals surface area contributed by atoms with E-state index in [1.54, 1.807) is 25.1 Å². The summed E-state index contributed by atoms with van der Waals surface area (Å²) in [5.41, 5.74) is 2.30. The third kappa shape index (κ3) is 3.37. The van der Waals surface area contributed by atoms with Crippen molar-refractivity contribution in [3.8, 4) is 11.3 Å². The zero-order chi connectivity index (χ0) is 19.0. The molecule has 8 heteroatoms. The van der Waals surface area contributed by atoms with Crippen molar-refractivity contribution in [1.82, 2.24) is 15.0 Å². The minimum Gasteiger partial charge on any atom is -0.441 e. The third-order valence-corrected chi connectivity index (χ3v) is 4.18. The fraction of sp³-hybridized carbons (Fsp3) is 0.0526.